The fourth-order valence-corrected chi connectivity index (χ4v) is 1.63. The molecule has 2 heterocycles. The topological polar surface area (TPSA) is 110 Å². The highest BCUT2D eigenvalue weighted by Crippen LogP contribution is 2.09. The Kier molecular flexibility index (Phi) is 5.41. The summed E-state index contributed by atoms with van der Waals surface area (Å²) in [5.74, 6) is 1.28. The van der Waals surface area contributed by atoms with Crippen LogP contribution in [0.2, 0.25) is 0 Å². The molecule has 0 fully saturated rings. The number of methoxy groups -OCH3 is 1. The average molecular weight is 293 g/mol. The standard InChI is InChI=1S/C12H19N7O2/c1-3-14-10-16-11(15-6-9(20)7-21-2)18-12(17-10)19-5-4-13-8-19/h4-5,8-9,20H,3,6-7H2,1-2H3,(H2,14,15,16,17,18). The summed E-state index contributed by atoms with van der Waals surface area (Å²) in [5.41, 5.74) is 0. The quantitative estimate of drug-likeness (QED) is 0.619. The normalized spacial score (nSPS) is 12.1. The lowest BCUT2D eigenvalue weighted by Crippen LogP contribution is -2.25. The van der Waals surface area contributed by atoms with Gasteiger partial charge < -0.3 is 20.5 Å². The molecule has 3 N–H and O–H groups in total. The molecule has 1 atom stereocenters. The van der Waals surface area contributed by atoms with Gasteiger partial charge in [0.25, 0.3) is 0 Å². The van der Waals surface area contributed by atoms with Gasteiger partial charge in [-0.2, -0.15) is 15.0 Å². The van der Waals surface area contributed by atoms with Crippen LogP contribution < -0.4 is 10.6 Å². The van der Waals surface area contributed by atoms with E-state index in [0.717, 1.165) is 0 Å². The van der Waals surface area contributed by atoms with Crippen LogP contribution in [0.4, 0.5) is 11.9 Å². The third-order valence-electron chi connectivity index (χ3n) is 2.55. The summed E-state index contributed by atoms with van der Waals surface area (Å²) >= 11 is 0. The average Bonchev–Trinajstić information content (AvgIpc) is 3.00. The van der Waals surface area contributed by atoms with Gasteiger partial charge in [-0.05, 0) is 6.92 Å². The van der Waals surface area contributed by atoms with E-state index in [1.165, 1.54) is 7.11 Å². The van der Waals surface area contributed by atoms with Gasteiger partial charge in [-0.15, -0.1) is 0 Å². The highest BCUT2D eigenvalue weighted by Gasteiger charge is 2.09. The highest BCUT2D eigenvalue weighted by atomic mass is 16.5. The molecule has 0 radical (unpaired) electrons. The predicted octanol–water partition coefficient (Wildman–Crippen LogP) is -0.0917. The van der Waals surface area contributed by atoms with E-state index in [4.69, 9.17) is 4.74 Å². The molecule has 0 aliphatic carbocycles. The summed E-state index contributed by atoms with van der Waals surface area (Å²) in [6, 6.07) is 0. The summed E-state index contributed by atoms with van der Waals surface area (Å²) < 4.78 is 6.55. The zero-order chi connectivity index (χ0) is 15.1. The molecule has 21 heavy (non-hydrogen) atoms. The van der Waals surface area contributed by atoms with Gasteiger partial charge in [0.05, 0.1) is 12.7 Å². The van der Waals surface area contributed by atoms with Crippen molar-refractivity contribution >= 4 is 11.9 Å². The van der Waals surface area contributed by atoms with Crippen LogP contribution in [0.5, 0.6) is 0 Å². The first-order valence-corrected chi connectivity index (χ1v) is 6.62. The number of hydrogen-bond acceptors (Lipinski definition) is 8. The minimum Gasteiger partial charge on any atom is -0.389 e. The zero-order valence-corrected chi connectivity index (χ0v) is 12.0. The molecule has 0 saturated heterocycles. The van der Waals surface area contributed by atoms with Gasteiger partial charge in [0.1, 0.15) is 6.33 Å². The Labute approximate surface area is 122 Å². The van der Waals surface area contributed by atoms with Crippen LogP contribution in [0, 0.1) is 0 Å². The number of rotatable bonds is 8. The van der Waals surface area contributed by atoms with Gasteiger partial charge in [0, 0.05) is 32.6 Å². The molecule has 0 amide bonds. The van der Waals surface area contributed by atoms with Crippen molar-refractivity contribution in [3.63, 3.8) is 0 Å². The Morgan fingerprint density at radius 2 is 2.05 bits per heavy atom. The molecular weight excluding hydrogens is 274 g/mol. The summed E-state index contributed by atoms with van der Waals surface area (Å²) in [5, 5.41) is 15.7. The van der Waals surface area contributed by atoms with Crippen LogP contribution >= 0.6 is 0 Å². The van der Waals surface area contributed by atoms with Gasteiger partial charge in [-0.25, -0.2) is 4.98 Å². The fourth-order valence-electron chi connectivity index (χ4n) is 1.63. The highest BCUT2D eigenvalue weighted by molar-refractivity contribution is 5.38. The molecule has 0 aliphatic heterocycles. The predicted molar refractivity (Wildman–Crippen MR) is 77.5 cm³/mol. The lowest BCUT2D eigenvalue weighted by molar-refractivity contribution is 0.0726. The van der Waals surface area contributed by atoms with Crippen molar-refractivity contribution in [2.75, 3.05) is 37.4 Å². The number of aliphatic hydroxyl groups excluding tert-OH is 1. The van der Waals surface area contributed by atoms with Crippen molar-refractivity contribution in [3.8, 4) is 5.95 Å². The lowest BCUT2D eigenvalue weighted by atomic mass is 10.4. The Hall–Kier alpha value is -2.26. The van der Waals surface area contributed by atoms with Gasteiger partial charge in [0.15, 0.2) is 0 Å². The third-order valence-corrected chi connectivity index (χ3v) is 2.55. The number of imidazole rings is 1. The molecule has 0 aliphatic rings. The molecule has 1 unspecified atom stereocenters. The van der Waals surface area contributed by atoms with Crippen LogP contribution in [0.1, 0.15) is 6.92 Å². The molecular formula is C12H19N7O2. The summed E-state index contributed by atoms with van der Waals surface area (Å²) in [4.78, 5) is 16.8. The van der Waals surface area contributed by atoms with Crippen LogP contribution in [-0.2, 0) is 4.74 Å². The Morgan fingerprint density at radius 1 is 1.29 bits per heavy atom. The van der Waals surface area contributed by atoms with E-state index >= 15 is 0 Å². The molecule has 0 spiro atoms. The summed E-state index contributed by atoms with van der Waals surface area (Å²) in [7, 11) is 1.53. The number of aliphatic hydroxyl groups is 1. The van der Waals surface area contributed by atoms with E-state index in [2.05, 4.69) is 30.6 Å². The molecule has 0 bridgehead atoms. The number of ether oxygens (including phenoxy) is 1. The zero-order valence-electron chi connectivity index (χ0n) is 12.0. The number of hydrogen-bond donors (Lipinski definition) is 3. The van der Waals surface area contributed by atoms with Crippen LogP contribution in [0.25, 0.3) is 5.95 Å². The maximum Gasteiger partial charge on any atom is 0.241 e. The van der Waals surface area contributed by atoms with E-state index in [1.807, 2.05) is 6.92 Å². The van der Waals surface area contributed by atoms with Crippen molar-refractivity contribution < 1.29 is 9.84 Å². The molecule has 0 saturated carbocycles. The van der Waals surface area contributed by atoms with Gasteiger partial charge in [-0.3, -0.25) is 4.57 Å². The maximum atomic E-state index is 9.65. The van der Waals surface area contributed by atoms with Gasteiger partial charge >= 0.3 is 0 Å². The molecule has 9 heteroatoms. The molecule has 114 valence electrons. The summed E-state index contributed by atoms with van der Waals surface area (Å²) in [6.45, 7) is 3.18. The monoisotopic (exact) mass is 293 g/mol. The Bertz CT molecular complexity index is 547. The van der Waals surface area contributed by atoms with E-state index < -0.39 is 6.10 Å². The first-order valence-electron chi connectivity index (χ1n) is 6.62. The van der Waals surface area contributed by atoms with Crippen molar-refractivity contribution in [2.45, 2.75) is 13.0 Å². The summed E-state index contributed by atoms with van der Waals surface area (Å²) in [6.07, 6.45) is 4.36. The Morgan fingerprint density at radius 3 is 2.67 bits per heavy atom. The van der Waals surface area contributed by atoms with E-state index in [0.29, 0.717) is 24.4 Å². The van der Waals surface area contributed by atoms with Gasteiger partial charge in [0.2, 0.25) is 17.8 Å². The molecule has 2 aromatic rings. The first kappa shape index (κ1) is 15.1. The minimum absolute atomic E-state index is 0.243. The number of anilines is 2. The second-order valence-corrected chi connectivity index (χ2v) is 4.27. The minimum atomic E-state index is -0.633. The Balaban J connectivity index is 2.16. The molecule has 2 rings (SSSR count). The number of nitrogens with one attached hydrogen (secondary N) is 2. The van der Waals surface area contributed by atoms with Crippen LogP contribution in [0.15, 0.2) is 18.7 Å². The van der Waals surface area contributed by atoms with E-state index in [9.17, 15) is 5.11 Å². The fraction of sp³-hybridized carbons (Fsp3) is 0.500. The largest absolute Gasteiger partial charge is 0.389 e. The van der Waals surface area contributed by atoms with Crippen molar-refractivity contribution in [2.24, 2.45) is 0 Å². The second kappa shape index (κ2) is 7.50. The van der Waals surface area contributed by atoms with Crippen molar-refractivity contribution in [3.05, 3.63) is 18.7 Å². The van der Waals surface area contributed by atoms with Crippen molar-refractivity contribution in [1.29, 1.82) is 0 Å². The SMILES string of the molecule is CCNc1nc(NCC(O)COC)nc(-n2ccnc2)n1. The molecule has 0 aromatic carbocycles. The van der Waals surface area contributed by atoms with Gasteiger partial charge in [-0.1, -0.05) is 0 Å². The number of nitrogens with zero attached hydrogens (tertiary/aromatic N) is 5. The van der Waals surface area contributed by atoms with Crippen molar-refractivity contribution in [1.82, 2.24) is 24.5 Å². The third kappa shape index (κ3) is 4.36. The van der Waals surface area contributed by atoms with E-state index in [-0.39, 0.29) is 13.2 Å². The maximum absolute atomic E-state index is 9.65. The number of aromatic nitrogens is 5. The first-order chi connectivity index (χ1) is 10.2. The lowest BCUT2D eigenvalue weighted by Gasteiger charge is -2.12. The van der Waals surface area contributed by atoms with Crippen LogP contribution in [-0.4, -0.2) is 62.5 Å². The van der Waals surface area contributed by atoms with E-state index in [1.54, 1.807) is 23.3 Å². The van der Waals surface area contributed by atoms with Crippen LogP contribution in [0.3, 0.4) is 0 Å². The smallest absolute Gasteiger partial charge is 0.241 e. The second-order valence-electron chi connectivity index (χ2n) is 4.27. The molecule has 9 nitrogen and oxygen atoms in total. The molecule has 2 aromatic heterocycles.